The fourth-order valence-corrected chi connectivity index (χ4v) is 9.86. The number of carbonyl (C=O) groups is 5. The quantitative estimate of drug-likeness (QED) is 0.0532. The second-order valence-corrected chi connectivity index (χ2v) is 24.4. The summed E-state index contributed by atoms with van der Waals surface area (Å²) in [5.41, 5.74) is 10.4. The van der Waals surface area contributed by atoms with Crippen LogP contribution in [0.15, 0.2) is 164 Å². The molecular weight excluding hydrogens is 1160 g/mol. The Kier molecular flexibility index (Phi) is 20.1. The van der Waals surface area contributed by atoms with E-state index in [0.29, 0.717) is 74.4 Å². The average molecular weight is 1230 g/mol. The second-order valence-electron chi connectivity index (χ2n) is 23.6. The molecule has 3 heterocycles. The number of benzene rings is 7. The smallest absolute Gasteiger partial charge is 0.456 e. The molecule has 454 valence electrons. The number of hydrogen-bond acceptors (Lipinski definition) is 13. The van der Waals surface area contributed by atoms with Crippen molar-refractivity contribution in [1.82, 2.24) is 5.32 Å². The molecular formula is C67H69Cl2FN5O12+. The van der Waals surface area contributed by atoms with Crippen molar-refractivity contribution < 1.29 is 66.7 Å². The van der Waals surface area contributed by atoms with Crippen molar-refractivity contribution in [3.05, 3.63) is 213 Å². The van der Waals surface area contributed by atoms with Crippen LogP contribution in [0.25, 0.3) is 0 Å². The molecule has 7 aromatic carbocycles. The minimum Gasteiger partial charge on any atom is -0.456 e. The van der Waals surface area contributed by atoms with E-state index in [1.165, 1.54) is 12.1 Å². The number of halogens is 3. The van der Waals surface area contributed by atoms with Gasteiger partial charge >= 0.3 is 18.2 Å². The summed E-state index contributed by atoms with van der Waals surface area (Å²) in [5, 5.41) is 14.7. The summed E-state index contributed by atoms with van der Waals surface area (Å²) >= 11 is 12.2. The molecule has 3 amide bonds. The number of para-hydroxylation sites is 2. The zero-order valence-corrected chi connectivity index (χ0v) is 51.2. The topological polar surface area (TPSA) is 208 Å². The van der Waals surface area contributed by atoms with Gasteiger partial charge in [-0.3, -0.25) is 19.6 Å². The maximum Gasteiger partial charge on any atom is 0.534 e. The van der Waals surface area contributed by atoms with Crippen LogP contribution in [0.4, 0.5) is 25.4 Å². The fourth-order valence-electron chi connectivity index (χ4n) is 9.52. The van der Waals surface area contributed by atoms with Crippen molar-refractivity contribution in [1.29, 1.82) is 0 Å². The SMILES string of the molecule is CC(C)(C)OC(=O)NC1Cc2cc(Oc3ccccc3Cl)ccc2N(OC(=O)OC(C)(C)C)C1=O.CC(C)(C)OC(=O)[C@@H]1Cc2cc(F)ccc2C[N+]1=C(c1ccccc1)c1ccccc1.NC1Cc2cc(Oc3ccccc3Cl)ccc2N(O)C1=O. The van der Waals surface area contributed by atoms with E-state index in [0.717, 1.165) is 38.6 Å². The fraction of sp³-hybridized carbons (Fsp3) is 0.284. The Morgan fingerprint density at radius 3 is 1.62 bits per heavy atom. The maximum absolute atomic E-state index is 13.9. The third-order valence-electron chi connectivity index (χ3n) is 13.2. The molecule has 2 unspecified atom stereocenters. The van der Waals surface area contributed by atoms with Crippen LogP contribution in [0.1, 0.15) is 95.7 Å². The molecule has 17 nitrogen and oxygen atoms in total. The van der Waals surface area contributed by atoms with Crippen LogP contribution in [0.3, 0.4) is 0 Å². The van der Waals surface area contributed by atoms with Gasteiger partial charge in [0, 0.05) is 29.5 Å². The van der Waals surface area contributed by atoms with E-state index in [9.17, 15) is 33.6 Å². The van der Waals surface area contributed by atoms with Crippen molar-refractivity contribution in [3.63, 3.8) is 0 Å². The number of alkyl carbamates (subject to hydrolysis) is 1. The third kappa shape index (κ3) is 17.2. The highest BCUT2D eigenvalue weighted by Crippen LogP contribution is 2.37. The highest BCUT2D eigenvalue weighted by atomic mass is 35.5. The largest absolute Gasteiger partial charge is 0.534 e. The summed E-state index contributed by atoms with van der Waals surface area (Å²) in [5.74, 6) is 0.243. The third-order valence-corrected chi connectivity index (χ3v) is 13.8. The standard InChI is InChI=1S/C27H27FNO2.C25H29ClN2O7.C15H13ClN2O3/c1-27(2,3)31-26(30)24-17-22-16-23(28)15-14-21(22)18-29(24)25(19-10-6-4-7-11-19)20-12-8-5-9-13-20;1-24(2,3)33-22(30)27-18-14-15-13-16(32-20-10-8-7-9-17(20)26)11-12-19(15)28(21(18)29)35-23(31)34-25(4,5)6;16-11-3-1-2-4-14(11)21-10-5-6-13-9(7-10)8-12(17)15(19)18(13)20/h4-16,24H,17-18H2,1-3H3;7-13,18H,14H2,1-6H3,(H,27,30);1-7,12,20H,8,17H2/q+1;;/t24-;;/m0../s1. The van der Waals surface area contributed by atoms with Gasteiger partial charge in [0.1, 0.15) is 51.7 Å². The molecule has 3 aliphatic heterocycles. The predicted octanol–water partition coefficient (Wildman–Crippen LogP) is 13.7. The molecule has 87 heavy (non-hydrogen) atoms. The van der Waals surface area contributed by atoms with Crippen LogP contribution in [0.5, 0.6) is 23.0 Å². The van der Waals surface area contributed by atoms with E-state index in [1.807, 2.05) is 75.4 Å². The molecule has 0 aromatic heterocycles. The van der Waals surface area contributed by atoms with E-state index in [2.05, 4.69) is 34.2 Å². The van der Waals surface area contributed by atoms with E-state index >= 15 is 0 Å². The summed E-state index contributed by atoms with van der Waals surface area (Å²) < 4.78 is 43.9. The molecule has 20 heteroatoms. The summed E-state index contributed by atoms with van der Waals surface area (Å²) in [4.78, 5) is 68.1. The molecule has 0 aliphatic carbocycles. The van der Waals surface area contributed by atoms with Gasteiger partial charge in [-0.25, -0.2) is 23.3 Å². The minimum atomic E-state index is -1.06. The number of ether oxygens (including phenoxy) is 5. The molecule has 0 radical (unpaired) electrons. The Labute approximate surface area is 514 Å². The van der Waals surface area contributed by atoms with Gasteiger partial charge in [0.15, 0.2) is 6.54 Å². The normalized spacial score (nSPS) is 16.2. The van der Waals surface area contributed by atoms with Gasteiger partial charge in [0.05, 0.1) is 27.5 Å². The number of hydrogen-bond donors (Lipinski definition) is 3. The van der Waals surface area contributed by atoms with Crippen molar-refractivity contribution in [3.8, 4) is 23.0 Å². The lowest BCUT2D eigenvalue weighted by atomic mass is 9.92. The lowest BCUT2D eigenvalue weighted by molar-refractivity contribution is -0.573. The van der Waals surface area contributed by atoms with Crippen molar-refractivity contribution in [2.75, 3.05) is 10.1 Å². The van der Waals surface area contributed by atoms with Crippen LogP contribution in [-0.2, 0) is 59.2 Å². The first kappa shape index (κ1) is 64.2. The summed E-state index contributed by atoms with van der Waals surface area (Å²) in [6.45, 7) is 16.2. The molecule has 3 aliphatic rings. The van der Waals surface area contributed by atoms with Gasteiger partial charge in [-0.05, 0) is 189 Å². The summed E-state index contributed by atoms with van der Waals surface area (Å²) in [6, 6.07) is 46.6. The maximum atomic E-state index is 13.9. The van der Waals surface area contributed by atoms with E-state index in [1.54, 1.807) is 114 Å². The number of nitrogens with zero attached hydrogens (tertiary/aromatic N) is 3. The molecule has 0 fully saturated rings. The van der Waals surface area contributed by atoms with Crippen LogP contribution in [0, 0.1) is 5.82 Å². The predicted molar refractivity (Wildman–Crippen MR) is 328 cm³/mol. The van der Waals surface area contributed by atoms with Crippen LogP contribution >= 0.6 is 23.2 Å². The lowest BCUT2D eigenvalue weighted by Crippen LogP contribution is -2.54. The molecule has 3 atom stereocenters. The van der Waals surface area contributed by atoms with Crippen LogP contribution in [-0.4, -0.2) is 80.5 Å². The van der Waals surface area contributed by atoms with Crippen LogP contribution < -0.4 is 30.7 Å². The summed E-state index contributed by atoms with van der Waals surface area (Å²) in [6.07, 6.45) is -0.983. The lowest BCUT2D eigenvalue weighted by Gasteiger charge is -2.33. The molecule has 0 saturated heterocycles. The number of anilines is 2. The number of rotatable bonds is 9. The van der Waals surface area contributed by atoms with Crippen LogP contribution in [0.2, 0.25) is 10.0 Å². The molecule has 10 rings (SSSR count). The van der Waals surface area contributed by atoms with Gasteiger partial charge < -0.3 is 34.7 Å². The highest BCUT2D eigenvalue weighted by molar-refractivity contribution is 6.32. The zero-order chi connectivity index (χ0) is 63.0. The molecule has 7 aromatic rings. The Bertz CT molecular complexity index is 3660. The molecule has 0 bridgehead atoms. The number of hydroxylamine groups is 2. The van der Waals surface area contributed by atoms with E-state index in [-0.39, 0.29) is 18.2 Å². The van der Waals surface area contributed by atoms with E-state index < -0.39 is 59.0 Å². The Balaban J connectivity index is 0.000000174. The van der Waals surface area contributed by atoms with Gasteiger partial charge in [-0.1, -0.05) is 83.9 Å². The Morgan fingerprint density at radius 1 is 0.586 bits per heavy atom. The number of esters is 1. The number of nitrogens with one attached hydrogen (secondary N) is 1. The monoisotopic (exact) mass is 1220 g/mol. The van der Waals surface area contributed by atoms with Crippen molar-refractivity contribution in [2.45, 2.75) is 123 Å². The first-order valence-corrected chi connectivity index (χ1v) is 28.7. The number of amides is 3. The number of fused-ring (bicyclic) bond motifs is 3. The van der Waals surface area contributed by atoms with Gasteiger partial charge in [-0.15, -0.1) is 5.06 Å². The number of nitrogens with two attached hydrogens (primary N) is 1. The molecule has 4 N–H and O–H groups in total. The van der Waals surface area contributed by atoms with Gasteiger partial charge in [0.25, 0.3) is 17.9 Å². The summed E-state index contributed by atoms with van der Waals surface area (Å²) in [7, 11) is 0. The minimum absolute atomic E-state index is 0.112. The van der Waals surface area contributed by atoms with E-state index in [4.69, 9.17) is 57.5 Å². The average Bonchev–Trinajstić information content (AvgIpc) is 1.13. The first-order chi connectivity index (χ1) is 41.1. The Morgan fingerprint density at radius 2 is 1.09 bits per heavy atom. The second kappa shape index (κ2) is 27.3. The number of carbonyl (C=O) groups excluding carboxylic acids is 5. The molecule has 0 saturated carbocycles. The van der Waals surface area contributed by atoms with Crippen molar-refractivity contribution in [2.24, 2.45) is 5.73 Å². The van der Waals surface area contributed by atoms with Crippen molar-refractivity contribution >= 4 is 70.3 Å². The molecule has 0 spiro atoms. The first-order valence-electron chi connectivity index (χ1n) is 28.0. The zero-order valence-electron chi connectivity index (χ0n) is 49.6. The van der Waals surface area contributed by atoms with Gasteiger partial charge in [-0.2, -0.15) is 5.06 Å². The Hall–Kier alpha value is -8.81. The highest BCUT2D eigenvalue weighted by Gasteiger charge is 2.42. The van der Waals surface area contributed by atoms with Gasteiger partial charge in [0.2, 0.25) is 5.71 Å².